The van der Waals surface area contributed by atoms with Gasteiger partial charge in [0, 0.05) is 52.4 Å². The van der Waals surface area contributed by atoms with Crippen molar-refractivity contribution in [2.24, 2.45) is 0 Å². The summed E-state index contributed by atoms with van der Waals surface area (Å²) >= 11 is 0. The molecule has 4 aromatic carbocycles. The van der Waals surface area contributed by atoms with Crippen molar-refractivity contribution in [3.05, 3.63) is 142 Å². The Labute approximate surface area is 556 Å². The first-order chi connectivity index (χ1) is 44.5. The fraction of sp³-hybridized carbons (Fsp3) is 0.471. The molecule has 520 valence electrons. The topological polar surface area (TPSA) is 384 Å². The molecule has 8 N–H and O–H groups in total. The maximum Gasteiger partial charge on any atom is 0.408 e. The Bertz CT molecular complexity index is 2890. The van der Waals surface area contributed by atoms with Gasteiger partial charge in [-0.25, -0.2) is 19.2 Å². The molecule has 0 radical (unpaired) electrons. The van der Waals surface area contributed by atoms with E-state index in [0.717, 1.165) is 0 Å². The molecule has 96 heavy (non-hydrogen) atoms. The van der Waals surface area contributed by atoms with Crippen LogP contribution in [0.1, 0.15) is 153 Å². The number of rotatable bonds is 16. The molecule has 28 nitrogen and oxygen atoms in total. The Balaban J connectivity index is 1.70. The monoisotopic (exact) mass is 1340 g/mol. The van der Waals surface area contributed by atoms with Gasteiger partial charge in [0.25, 0.3) is 0 Å². The molecule has 11 rings (SSSR count). The summed E-state index contributed by atoms with van der Waals surface area (Å²) in [7, 11) is 0. The number of carboxylic acid groups (broad SMARTS) is 4. The van der Waals surface area contributed by atoms with Crippen molar-refractivity contribution in [1.29, 1.82) is 0 Å². The second-order valence-electron chi connectivity index (χ2n) is 27.2. The largest absolute Gasteiger partial charge is 0.481 e. The van der Waals surface area contributed by atoms with Crippen LogP contribution in [0.4, 0.5) is 19.2 Å². The van der Waals surface area contributed by atoms with Gasteiger partial charge in [0.15, 0.2) is 0 Å². The highest BCUT2D eigenvalue weighted by Gasteiger charge is 2.36. The van der Waals surface area contributed by atoms with E-state index in [0.29, 0.717) is 44.5 Å². The number of aliphatic carboxylic acids is 4. The Hall–Kier alpha value is -10.3. The highest BCUT2D eigenvalue weighted by atomic mass is 16.6. The summed E-state index contributed by atoms with van der Waals surface area (Å²) in [4.78, 5) is 166. The molecule has 8 bridgehead atoms. The zero-order valence-corrected chi connectivity index (χ0v) is 56.1. The molecule has 7 aliphatic rings. The third kappa shape index (κ3) is 27.0. The molecule has 0 fully saturated rings. The van der Waals surface area contributed by atoms with Crippen LogP contribution in [0.2, 0.25) is 0 Å². The molecule has 0 saturated heterocycles. The van der Waals surface area contributed by atoms with Gasteiger partial charge in [-0.2, -0.15) is 0 Å². The number of nitrogens with one attached hydrogen (secondary N) is 4. The molecule has 0 spiro atoms. The number of carbonyl (C=O) groups is 12. The maximum atomic E-state index is 14.7. The quantitative estimate of drug-likeness (QED) is 0.0501. The summed E-state index contributed by atoms with van der Waals surface area (Å²) in [6.07, 6.45) is -7.59. The van der Waals surface area contributed by atoms with E-state index in [2.05, 4.69) is 21.3 Å². The van der Waals surface area contributed by atoms with Gasteiger partial charge in [-0.3, -0.25) is 38.4 Å². The second-order valence-corrected chi connectivity index (χ2v) is 27.2. The smallest absolute Gasteiger partial charge is 0.408 e. The van der Waals surface area contributed by atoms with Crippen LogP contribution in [0.3, 0.4) is 0 Å². The number of hydrogen-bond donors (Lipinski definition) is 8. The third-order valence-electron chi connectivity index (χ3n) is 13.8. The van der Waals surface area contributed by atoms with Crippen molar-refractivity contribution in [1.82, 2.24) is 40.9 Å². The van der Waals surface area contributed by atoms with E-state index in [1.807, 2.05) is 0 Å². The minimum atomic E-state index is -1.64. The molecule has 7 aliphatic heterocycles. The summed E-state index contributed by atoms with van der Waals surface area (Å²) in [6, 6.07) is 19.6. The van der Waals surface area contributed by atoms with Gasteiger partial charge < -0.3 is 80.2 Å². The van der Waals surface area contributed by atoms with Gasteiger partial charge in [-0.1, -0.05) is 97.1 Å². The van der Waals surface area contributed by atoms with Crippen LogP contribution in [0, 0.1) is 0 Å². The predicted molar refractivity (Wildman–Crippen MR) is 344 cm³/mol. The van der Waals surface area contributed by atoms with Gasteiger partial charge in [-0.15, -0.1) is 0 Å². The zero-order chi connectivity index (χ0) is 71.6. The number of carboxylic acids is 4. The standard InChI is InChI=1S/C68H88N8O20/c1-65(2,3)93-61(89)69-49(29-53(77)78)57(85)73-33-41-13-17-43(18-14-41)35-74(58(86)50(30-54(79)80)70-62(90)94-66(4,5)6)37-45-21-25-47(26-22-45)39-76(60(88)52(32-56(83)84)72-64(92)96-68(10,11)12)40-48-27-23-46(24-28-48)38-75(36-44-19-15-42(34-73)16-20-44)59(87)51(31-55(81)82)71-63(91)95-67(7,8)9/h13-28,49-52H,29-40H2,1-12H3,(H,69,89)(H,70,90)(H,71,91)(H,72,92)(H,77,78)(H,79,80)(H,81,82)(H,83,84)/t49-,50-,51-,52-/m0/s1. The number of carbonyl (C=O) groups excluding carboxylic acids is 8. The van der Waals surface area contributed by atoms with E-state index >= 15 is 0 Å². The van der Waals surface area contributed by atoms with Crippen LogP contribution >= 0.6 is 0 Å². The summed E-state index contributed by atoms with van der Waals surface area (Å²) in [5, 5.41) is 49.7. The predicted octanol–water partition coefficient (Wildman–Crippen LogP) is 7.59. The van der Waals surface area contributed by atoms with Crippen molar-refractivity contribution >= 4 is 71.9 Å². The van der Waals surface area contributed by atoms with E-state index in [4.69, 9.17) is 18.9 Å². The number of amides is 8. The van der Waals surface area contributed by atoms with Gasteiger partial charge in [0.05, 0.1) is 25.7 Å². The molecular weight excluding hydrogens is 1250 g/mol. The maximum absolute atomic E-state index is 14.7. The fourth-order valence-corrected chi connectivity index (χ4v) is 9.79. The Morgan fingerprint density at radius 3 is 0.521 bits per heavy atom. The summed E-state index contributed by atoms with van der Waals surface area (Å²) in [5.74, 6) is -8.93. The first kappa shape index (κ1) is 76.4. The molecule has 4 atom stereocenters. The lowest BCUT2D eigenvalue weighted by atomic mass is 10.0. The van der Waals surface area contributed by atoms with Crippen LogP contribution in [0.15, 0.2) is 97.1 Å². The van der Waals surface area contributed by atoms with Crippen molar-refractivity contribution in [2.75, 3.05) is 0 Å². The third-order valence-corrected chi connectivity index (χ3v) is 13.8. The minimum Gasteiger partial charge on any atom is -0.481 e. The number of alkyl carbamates (subject to hydrolysis) is 4. The lowest BCUT2D eigenvalue weighted by Gasteiger charge is -2.30. The zero-order valence-electron chi connectivity index (χ0n) is 56.1. The summed E-state index contributed by atoms with van der Waals surface area (Å²) in [6.45, 7) is 17.5. The van der Waals surface area contributed by atoms with E-state index in [9.17, 15) is 78.0 Å². The highest BCUT2D eigenvalue weighted by molar-refractivity contribution is 5.92. The average molecular weight is 1340 g/mol. The van der Waals surface area contributed by atoms with Gasteiger partial charge in [-0.05, 0) is 128 Å². The van der Waals surface area contributed by atoms with Crippen LogP contribution in [-0.4, -0.2) is 158 Å². The number of nitrogens with zero attached hydrogens (tertiary/aromatic N) is 4. The molecular formula is C68H88N8O20. The summed E-state index contributed by atoms with van der Waals surface area (Å²) in [5.41, 5.74) is -0.283. The van der Waals surface area contributed by atoms with Crippen molar-refractivity contribution in [3.8, 4) is 0 Å². The Morgan fingerprint density at radius 1 is 0.292 bits per heavy atom. The van der Waals surface area contributed by atoms with E-state index in [1.54, 1.807) is 180 Å². The highest BCUT2D eigenvalue weighted by Crippen LogP contribution is 2.24. The van der Waals surface area contributed by atoms with Crippen LogP contribution < -0.4 is 21.3 Å². The Kier molecular flexibility index (Phi) is 26.4. The first-order valence-electron chi connectivity index (χ1n) is 30.9. The van der Waals surface area contributed by atoms with Gasteiger partial charge in [0.2, 0.25) is 23.6 Å². The second kappa shape index (κ2) is 33.2. The molecule has 28 heteroatoms. The van der Waals surface area contributed by atoms with E-state index < -0.39 is 144 Å². The minimum absolute atomic E-state index is 0.192. The normalized spacial score (nSPS) is 14.7. The van der Waals surface area contributed by atoms with Crippen LogP contribution in [0.25, 0.3) is 0 Å². The van der Waals surface area contributed by atoms with Crippen molar-refractivity contribution in [2.45, 2.75) is 208 Å². The molecule has 0 unspecified atom stereocenters. The molecule has 8 amide bonds. The molecule has 0 saturated carbocycles. The van der Waals surface area contributed by atoms with Crippen molar-refractivity contribution < 1.29 is 96.9 Å². The lowest BCUT2D eigenvalue weighted by Crippen LogP contribution is -2.50. The Morgan fingerprint density at radius 2 is 0.417 bits per heavy atom. The molecule has 4 aromatic rings. The number of ether oxygens (including phenoxy) is 4. The first-order valence-corrected chi connectivity index (χ1v) is 30.9. The fourth-order valence-electron chi connectivity index (χ4n) is 9.79. The van der Waals surface area contributed by atoms with Crippen molar-refractivity contribution in [3.63, 3.8) is 0 Å². The SMILES string of the molecule is CC(C)(C)OC(=O)N[C@@H](CC(=O)O)C(=O)N1Cc2ccc(cc2)CN(C(=O)[C@H](CC(=O)O)NC(=O)OC(C)(C)C)Cc2ccc(cc2)CN(C(=O)[C@H](CC(=O)O)NC(=O)OC(C)(C)C)Cc2ccc(cc2)CN(C(=O)[C@H](CC(=O)O)NC(=O)OC(C)(C)C)Cc2ccc(cc2)C1. The lowest BCUT2D eigenvalue weighted by molar-refractivity contribution is -0.143. The molecule has 0 aromatic heterocycles. The van der Waals surface area contributed by atoms with Crippen LogP contribution in [0.5, 0.6) is 0 Å². The molecule has 7 heterocycles. The molecule has 0 aliphatic carbocycles. The van der Waals surface area contributed by atoms with Gasteiger partial charge >= 0.3 is 48.3 Å². The van der Waals surface area contributed by atoms with Gasteiger partial charge in [0.1, 0.15) is 46.6 Å². The van der Waals surface area contributed by atoms with Crippen LogP contribution in [-0.2, 0) is 110 Å². The average Bonchev–Trinajstić information content (AvgIpc) is 0.854. The van der Waals surface area contributed by atoms with E-state index in [1.165, 1.54) is 19.6 Å². The number of hydrogen-bond acceptors (Lipinski definition) is 16. The summed E-state index contributed by atoms with van der Waals surface area (Å²) < 4.78 is 21.6. The number of benzene rings is 4. The van der Waals surface area contributed by atoms with E-state index in [-0.39, 0.29) is 52.4 Å².